The third-order valence-corrected chi connectivity index (χ3v) is 5.98. The van der Waals surface area contributed by atoms with Gasteiger partial charge >= 0.3 is 0 Å². The molecule has 1 saturated carbocycles. The van der Waals surface area contributed by atoms with Crippen molar-refractivity contribution in [2.75, 3.05) is 6.54 Å². The zero-order chi connectivity index (χ0) is 16.3. The first-order valence-corrected chi connectivity index (χ1v) is 9.20. The van der Waals surface area contributed by atoms with E-state index in [9.17, 15) is 4.79 Å². The van der Waals surface area contributed by atoms with E-state index in [2.05, 4.69) is 21.6 Å². The molecule has 1 fully saturated rings. The van der Waals surface area contributed by atoms with Crippen LogP contribution in [-0.4, -0.2) is 27.5 Å². The van der Waals surface area contributed by atoms with Gasteiger partial charge in [-0.15, -0.1) is 11.3 Å². The van der Waals surface area contributed by atoms with E-state index in [0.717, 1.165) is 42.6 Å². The van der Waals surface area contributed by atoms with Crippen LogP contribution in [0.2, 0.25) is 0 Å². The topological polar surface area (TPSA) is 59.2 Å². The molecule has 5 nitrogen and oxygen atoms in total. The number of hydrogen-bond acceptors (Lipinski definition) is 5. The molecule has 1 aliphatic heterocycles. The normalized spacial score (nSPS) is 17.3. The minimum Gasteiger partial charge on any atom is -0.336 e. The molecule has 0 saturated heterocycles. The molecule has 2 aliphatic rings. The zero-order valence-corrected chi connectivity index (χ0v) is 14.2. The fourth-order valence-corrected chi connectivity index (χ4v) is 4.35. The van der Waals surface area contributed by atoms with Gasteiger partial charge in [0.25, 0.3) is 11.6 Å². The summed E-state index contributed by atoms with van der Waals surface area (Å²) in [6.45, 7) is 3.32. The quantitative estimate of drug-likeness (QED) is 0.715. The lowest BCUT2D eigenvalue weighted by molar-refractivity contribution is 0.0737. The Morgan fingerprint density at radius 3 is 3.12 bits per heavy atom. The number of thiophene rings is 1. The maximum Gasteiger partial charge on any atom is 0.259 e. The standard InChI is InChI=1S/C18H17N3O2S/c1-10-16-13(8-14(11-2-3-11)19-17(16)23-20-10)18(22)21-6-4-15-12(9-21)5-7-24-15/h5,7-8,11H,2-4,6,9H2,1H3. The van der Waals surface area contributed by atoms with Gasteiger partial charge in [0.15, 0.2) is 0 Å². The van der Waals surface area contributed by atoms with Crippen LogP contribution < -0.4 is 0 Å². The number of nitrogens with zero attached hydrogens (tertiary/aromatic N) is 3. The first kappa shape index (κ1) is 14.2. The largest absolute Gasteiger partial charge is 0.336 e. The second kappa shape index (κ2) is 5.14. The van der Waals surface area contributed by atoms with Crippen molar-refractivity contribution in [1.82, 2.24) is 15.0 Å². The van der Waals surface area contributed by atoms with Crippen molar-refractivity contribution in [3.63, 3.8) is 0 Å². The summed E-state index contributed by atoms with van der Waals surface area (Å²) in [5.74, 6) is 0.531. The highest BCUT2D eigenvalue weighted by Crippen LogP contribution is 2.40. The van der Waals surface area contributed by atoms with Gasteiger partial charge in [-0.3, -0.25) is 4.79 Å². The van der Waals surface area contributed by atoms with Crippen LogP contribution in [0.25, 0.3) is 11.1 Å². The summed E-state index contributed by atoms with van der Waals surface area (Å²) in [6, 6.07) is 4.09. The van der Waals surface area contributed by atoms with Crippen molar-refractivity contribution < 1.29 is 9.32 Å². The Morgan fingerprint density at radius 2 is 2.29 bits per heavy atom. The lowest BCUT2D eigenvalue weighted by Gasteiger charge is -2.27. The van der Waals surface area contributed by atoms with E-state index in [4.69, 9.17) is 4.52 Å². The van der Waals surface area contributed by atoms with Crippen molar-refractivity contribution in [3.05, 3.63) is 44.9 Å². The van der Waals surface area contributed by atoms with Crippen LogP contribution in [0.3, 0.4) is 0 Å². The van der Waals surface area contributed by atoms with E-state index in [0.29, 0.717) is 23.7 Å². The second-order valence-corrected chi connectivity index (χ2v) is 7.66. The monoisotopic (exact) mass is 339 g/mol. The van der Waals surface area contributed by atoms with Crippen molar-refractivity contribution >= 4 is 28.3 Å². The molecular formula is C18H17N3O2S. The highest BCUT2D eigenvalue weighted by molar-refractivity contribution is 7.10. The number of aryl methyl sites for hydroxylation is 1. The minimum absolute atomic E-state index is 0.0625. The summed E-state index contributed by atoms with van der Waals surface area (Å²) in [6.07, 6.45) is 3.22. The molecule has 0 radical (unpaired) electrons. The average Bonchev–Trinajstić information content (AvgIpc) is 3.24. The van der Waals surface area contributed by atoms with Gasteiger partial charge in [0, 0.05) is 29.6 Å². The van der Waals surface area contributed by atoms with Gasteiger partial charge in [-0.05, 0) is 49.3 Å². The number of carbonyl (C=O) groups is 1. The van der Waals surface area contributed by atoms with Gasteiger partial charge in [0.05, 0.1) is 16.6 Å². The van der Waals surface area contributed by atoms with Gasteiger partial charge in [-0.2, -0.15) is 0 Å². The number of pyridine rings is 1. The summed E-state index contributed by atoms with van der Waals surface area (Å²) in [4.78, 5) is 21.1. The first-order chi connectivity index (χ1) is 11.7. The third-order valence-electron chi connectivity index (χ3n) is 4.96. The van der Waals surface area contributed by atoms with E-state index < -0.39 is 0 Å². The van der Waals surface area contributed by atoms with Gasteiger partial charge in [0.2, 0.25) is 0 Å². The molecule has 1 amide bonds. The zero-order valence-electron chi connectivity index (χ0n) is 13.4. The highest BCUT2D eigenvalue weighted by Gasteiger charge is 2.30. The minimum atomic E-state index is 0.0625. The number of aromatic nitrogens is 2. The van der Waals surface area contributed by atoms with E-state index in [1.54, 1.807) is 11.3 Å². The Morgan fingerprint density at radius 1 is 1.42 bits per heavy atom. The Hall–Kier alpha value is -2.21. The molecule has 4 heterocycles. The molecule has 1 aliphatic carbocycles. The smallest absolute Gasteiger partial charge is 0.259 e. The van der Waals surface area contributed by atoms with E-state index in [1.807, 2.05) is 17.9 Å². The van der Waals surface area contributed by atoms with Gasteiger partial charge in [0.1, 0.15) is 0 Å². The fraction of sp³-hybridized carbons (Fsp3) is 0.389. The summed E-state index contributed by atoms with van der Waals surface area (Å²) < 4.78 is 5.36. The second-order valence-electron chi connectivity index (χ2n) is 6.66. The summed E-state index contributed by atoms with van der Waals surface area (Å²) >= 11 is 1.78. The molecule has 122 valence electrons. The number of amides is 1. The molecule has 6 heteroatoms. The number of fused-ring (bicyclic) bond motifs is 2. The Bertz CT molecular complexity index is 954. The van der Waals surface area contributed by atoms with Crippen molar-refractivity contribution in [2.45, 2.75) is 38.6 Å². The number of carbonyl (C=O) groups excluding carboxylic acids is 1. The SMILES string of the molecule is Cc1noc2nc(C3CC3)cc(C(=O)N3CCc4sccc4C3)c12. The lowest BCUT2D eigenvalue weighted by atomic mass is 10.0. The van der Waals surface area contributed by atoms with Crippen molar-refractivity contribution in [1.29, 1.82) is 0 Å². The van der Waals surface area contributed by atoms with Gasteiger partial charge in [-0.1, -0.05) is 5.16 Å². The lowest BCUT2D eigenvalue weighted by Crippen LogP contribution is -2.35. The Labute approximate surface area is 143 Å². The predicted molar refractivity (Wildman–Crippen MR) is 91.3 cm³/mol. The van der Waals surface area contributed by atoms with Crippen molar-refractivity contribution in [2.24, 2.45) is 0 Å². The molecule has 24 heavy (non-hydrogen) atoms. The molecule has 5 rings (SSSR count). The van der Waals surface area contributed by atoms with E-state index in [-0.39, 0.29) is 5.91 Å². The summed E-state index contributed by atoms with van der Waals surface area (Å²) in [5, 5.41) is 6.90. The molecular weight excluding hydrogens is 322 g/mol. The third kappa shape index (κ3) is 2.17. The Kier molecular flexibility index (Phi) is 3.03. The summed E-state index contributed by atoms with van der Waals surface area (Å²) in [5.41, 5.74) is 4.16. The average molecular weight is 339 g/mol. The fourth-order valence-electron chi connectivity index (χ4n) is 3.46. The van der Waals surface area contributed by atoms with Crippen LogP contribution >= 0.6 is 11.3 Å². The first-order valence-electron chi connectivity index (χ1n) is 8.32. The van der Waals surface area contributed by atoms with Crippen LogP contribution in [0.5, 0.6) is 0 Å². The van der Waals surface area contributed by atoms with Crippen LogP contribution in [0.1, 0.15) is 50.9 Å². The van der Waals surface area contributed by atoms with Crippen LogP contribution in [-0.2, 0) is 13.0 Å². The maximum absolute atomic E-state index is 13.2. The molecule has 0 unspecified atom stereocenters. The molecule has 0 atom stereocenters. The predicted octanol–water partition coefficient (Wildman–Crippen LogP) is 3.67. The molecule has 0 aromatic carbocycles. The van der Waals surface area contributed by atoms with Crippen molar-refractivity contribution in [3.8, 4) is 0 Å². The van der Waals surface area contributed by atoms with Crippen LogP contribution in [0.4, 0.5) is 0 Å². The molecule has 0 N–H and O–H groups in total. The Balaban J connectivity index is 1.58. The van der Waals surface area contributed by atoms with Gasteiger partial charge in [-0.25, -0.2) is 4.98 Å². The van der Waals surface area contributed by atoms with E-state index in [1.165, 1.54) is 10.4 Å². The van der Waals surface area contributed by atoms with E-state index >= 15 is 0 Å². The van der Waals surface area contributed by atoms with Crippen LogP contribution in [0, 0.1) is 6.92 Å². The maximum atomic E-state index is 13.2. The molecule has 3 aromatic heterocycles. The molecule has 3 aromatic rings. The van der Waals surface area contributed by atoms with Gasteiger partial charge < -0.3 is 9.42 Å². The number of hydrogen-bond donors (Lipinski definition) is 0. The molecule has 0 bridgehead atoms. The van der Waals surface area contributed by atoms with Crippen LogP contribution in [0.15, 0.2) is 22.0 Å². The highest BCUT2D eigenvalue weighted by atomic mass is 32.1. The number of rotatable bonds is 2. The summed E-state index contributed by atoms with van der Waals surface area (Å²) in [7, 11) is 0. The molecule has 0 spiro atoms.